The first kappa shape index (κ1) is 38.8. The van der Waals surface area contributed by atoms with Gasteiger partial charge in [-0.3, -0.25) is 33.7 Å². The van der Waals surface area contributed by atoms with Crippen LogP contribution in [-0.2, 0) is 38.2 Å². The van der Waals surface area contributed by atoms with E-state index in [1.807, 2.05) is 13.8 Å². The van der Waals surface area contributed by atoms with Gasteiger partial charge in [-0.2, -0.15) is 0 Å². The van der Waals surface area contributed by atoms with E-state index in [9.17, 15) is 28.8 Å². The van der Waals surface area contributed by atoms with Crippen LogP contribution in [0.25, 0.3) is 0 Å². The molecule has 256 valence electrons. The second-order valence-electron chi connectivity index (χ2n) is 12.6. The first-order valence-corrected chi connectivity index (χ1v) is 17.4. The number of rotatable bonds is 23. The second-order valence-corrected chi connectivity index (χ2v) is 13.9. The van der Waals surface area contributed by atoms with E-state index in [1.165, 1.54) is 4.90 Å². The largest absolute Gasteiger partial charge is 0.379 e. The van der Waals surface area contributed by atoms with Gasteiger partial charge in [0, 0.05) is 69.0 Å². The molecule has 0 spiro atoms. The summed E-state index contributed by atoms with van der Waals surface area (Å²) in [5.41, 5.74) is 5.49. The third-order valence-corrected chi connectivity index (χ3v) is 9.45. The van der Waals surface area contributed by atoms with Crippen molar-refractivity contribution >= 4 is 47.0 Å². The molecule has 0 bridgehead atoms. The van der Waals surface area contributed by atoms with Gasteiger partial charge in [-0.25, -0.2) is 0 Å². The number of ketones is 2. The van der Waals surface area contributed by atoms with E-state index in [0.29, 0.717) is 45.4 Å². The van der Waals surface area contributed by atoms with Crippen LogP contribution >= 0.6 is 11.8 Å². The van der Waals surface area contributed by atoms with E-state index >= 15 is 0 Å². The van der Waals surface area contributed by atoms with Crippen LogP contribution in [0.3, 0.4) is 0 Å². The summed E-state index contributed by atoms with van der Waals surface area (Å²) in [5.74, 6) is -1.27. The quantitative estimate of drug-likeness (QED) is 0.109. The maximum atomic E-state index is 13.0. The summed E-state index contributed by atoms with van der Waals surface area (Å²) < 4.78 is 10.9. The lowest BCUT2D eigenvalue weighted by Gasteiger charge is -2.30. The number of primary amides is 1. The monoisotopic (exact) mass is 654 g/mol. The molecule has 2 fully saturated rings. The van der Waals surface area contributed by atoms with Gasteiger partial charge in [-0.1, -0.05) is 27.7 Å². The Labute approximate surface area is 272 Å². The molecule has 4 N–H and O–H groups in total. The summed E-state index contributed by atoms with van der Waals surface area (Å²) in [6.07, 6.45) is 3.98. The predicted octanol–water partition coefficient (Wildman–Crippen LogP) is 2.01. The van der Waals surface area contributed by atoms with Crippen molar-refractivity contribution in [3.63, 3.8) is 0 Å². The number of amides is 4. The third kappa shape index (κ3) is 14.7. The second kappa shape index (κ2) is 20.7. The number of nitrogens with one attached hydrogen (secondary N) is 2. The molecular formula is C32H54N4O8S. The first-order chi connectivity index (χ1) is 21.4. The number of imide groups is 1. The van der Waals surface area contributed by atoms with Crippen LogP contribution in [-0.4, -0.2) is 103 Å². The van der Waals surface area contributed by atoms with E-state index in [2.05, 4.69) is 24.5 Å². The molecule has 2 atom stereocenters. The summed E-state index contributed by atoms with van der Waals surface area (Å²) in [7, 11) is 0. The molecule has 12 nitrogen and oxygen atoms in total. The molecule has 1 unspecified atom stereocenters. The van der Waals surface area contributed by atoms with Gasteiger partial charge >= 0.3 is 0 Å². The number of ether oxygens (including phenoxy) is 2. The van der Waals surface area contributed by atoms with Gasteiger partial charge in [-0.05, 0) is 38.0 Å². The van der Waals surface area contributed by atoms with Crippen LogP contribution in [0.15, 0.2) is 0 Å². The zero-order valence-electron chi connectivity index (χ0n) is 27.5. The molecule has 1 aliphatic heterocycles. The Kier molecular flexibility index (Phi) is 17.9. The molecule has 1 aliphatic carbocycles. The lowest BCUT2D eigenvalue weighted by atomic mass is 9.77. The van der Waals surface area contributed by atoms with Crippen molar-refractivity contribution < 1.29 is 38.2 Å². The zero-order chi connectivity index (χ0) is 33.4. The number of hydrogen-bond donors (Lipinski definition) is 3. The van der Waals surface area contributed by atoms with E-state index in [1.54, 1.807) is 0 Å². The number of nitrogens with two attached hydrogens (primary N) is 1. The van der Waals surface area contributed by atoms with Crippen LogP contribution in [0.4, 0.5) is 0 Å². The molecule has 0 aromatic rings. The normalized spacial score (nSPS) is 21.0. The highest BCUT2D eigenvalue weighted by Crippen LogP contribution is 2.33. The van der Waals surface area contributed by atoms with Crippen LogP contribution in [0, 0.1) is 17.8 Å². The average Bonchev–Trinajstić information content (AvgIpc) is 3.26. The molecule has 45 heavy (non-hydrogen) atoms. The number of thioether (sulfide) groups is 1. The van der Waals surface area contributed by atoms with Gasteiger partial charge in [0.1, 0.15) is 17.6 Å². The zero-order valence-corrected chi connectivity index (χ0v) is 28.3. The van der Waals surface area contributed by atoms with Gasteiger partial charge in [0.25, 0.3) is 0 Å². The maximum Gasteiger partial charge on any atom is 0.242 e. The Morgan fingerprint density at radius 3 is 2.22 bits per heavy atom. The van der Waals surface area contributed by atoms with E-state index < -0.39 is 23.1 Å². The van der Waals surface area contributed by atoms with Gasteiger partial charge in [0.15, 0.2) is 0 Å². The van der Waals surface area contributed by atoms with Gasteiger partial charge in [0.05, 0.1) is 25.1 Å². The molecule has 0 radical (unpaired) electrons. The summed E-state index contributed by atoms with van der Waals surface area (Å²) in [6, 6.07) is -0.609. The van der Waals surface area contributed by atoms with E-state index in [4.69, 9.17) is 15.2 Å². The van der Waals surface area contributed by atoms with Crippen molar-refractivity contribution in [2.75, 3.05) is 45.3 Å². The Hall–Kier alpha value is -2.35. The van der Waals surface area contributed by atoms with E-state index in [-0.39, 0.29) is 72.6 Å². The van der Waals surface area contributed by atoms with Crippen molar-refractivity contribution in [3.8, 4) is 0 Å². The molecule has 0 aromatic carbocycles. The van der Waals surface area contributed by atoms with Crippen LogP contribution in [0.1, 0.15) is 85.5 Å². The standard InChI is InChI=1S/C32H54N4O8S/c1-21(2)30(40)24-9-7-23(8-10-24)19-36-29(39)18-27(32(36)42)45-20-26(31(33)41)35-28(38)12-11-25(37)6-5-14-43-16-17-44-15-13-34-22(3)4/h21-24,26-27,34H,5-20H2,1-4H3,(H2,33,41)(H,35,38)/t23?,24?,26-,27?/m1/s1. The number of likely N-dealkylation sites (tertiary alicyclic amines) is 1. The minimum absolute atomic E-state index is 0.0110. The number of hydrogen-bond acceptors (Lipinski definition) is 10. The topological polar surface area (TPSA) is 174 Å². The fourth-order valence-electron chi connectivity index (χ4n) is 5.50. The maximum absolute atomic E-state index is 13.0. The molecule has 13 heteroatoms. The van der Waals surface area contributed by atoms with Crippen molar-refractivity contribution in [1.82, 2.24) is 15.5 Å². The van der Waals surface area contributed by atoms with Crippen LogP contribution in [0.5, 0.6) is 0 Å². The molecule has 4 amide bonds. The minimum Gasteiger partial charge on any atom is -0.379 e. The average molecular weight is 655 g/mol. The Morgan fingerprint density at radius 1 is 0.933 bits per heavy atom. The van der Waals surface area contributed by atoms with Crippen molar-refractivity contribution in [2.24, 2.45) is 23.5 Å². The van der Waals surface area contributed by atoms with Gasteiger partial charge < -0.3 is 25.8 Å². The fourth-order valence-corrected chi connectivity index (χ4v) is 6.70. The van der Waals surface area contributed by atoms with Crippen molar-refractivity contribution in [2.45, 2.75) is 103 Å². The van der Waals surface area contributed by atoms with E-state index in [0.717, 1.165) is 44.0 Å². The summed E-state index contributed by atoms with van der Waals surface area (Å²) in [4.78, 5) is 75.9. The minimum atomic E-state index is -1.03. The molecule has 0 aromatic heterocycles. The molecule has 1 saturated carbocycles. The molecule has 1 heterocycles. The van der Waals surface area contributed by atoms with Gasteiger partial charge in [-0.15, -0.1) is 11.8 Å². The van der Waals surface area contributed by atoms with Gasteiger partial charge in [0.2, 0.25) is 23.6 Å². The third-order valence-electron chi connectivity index (χ3n) is 8.15. The summed E-state index contributed by atoms with van der Waals surface area (Å²) in [6.45, 7) is 11.1. The Morgan fingerprint density at radius 2 is 1.60 bits per heavy atom. The first-order valence-electron chi connectivity index (χ1n) is 16.4. The molecular weight excluding hydrogens is 600 g/mol. The fraction of sp³-hybridized carbons (Fsp3) is 0.812. The smallest absolute Gasteiger partial charge is 0.242 e. The SMILES string of the molecule is CC(C)NCCOCCOCCCC(=O)CCC(=O)N[C@H](CSC1CC(=O)N(CC2CCC(C(=O)C(C)C)CC2)C1=O)C(N)=O. The number of nitrogens with zero attached hydrogens (tertiary/aromatic N) is 1. The number of Topliss-reactive ketones (excluding diaryl/α,β-unsaturated/α-hetero) is 2. The molecule has 2 rings (SSSR count). The lowest BCUT2D eigenvalue weighted by molar-refractivity contribution is -0.139. The highest BCUT2D eigenvalue weighted by molar-refractivity contribution is 8.00. The summed E-state index contributed by atoms with van der Waals surface area (Å²) >= 11 is 1.13. The van der Waals surface area contributed by atoms with Crippen LogP contribution < -0.4 is 16.4 Å². The van der Waals surface area contributed by atoms with Crippen LogP contribution in [0.2, 0.25) is 0 Å². The Bertz CT molecular complexity index is 1000. The molecule has 1 saturated heterocycles. The van der Waals surface area contributed by atoms with Crippen molar-refractivity contribution in [1.29, 1.82) is 0 Å². The highest BCUT2D eigenvalue weighted by atomic mass is 32.2. The van der Waals surface area contributed by atoms with Crippen molar-refractivity contribution in [3.05, 3.63) is 0 Å². The summed E-state index contributed by atoms with van der Waals surface area (Å²) in [5, 5.41) is 5.17. The Balaban J connectivity index is 1.63. The highest BCUT2D eigenvalue weighted by Gasteiger charge is 2.41. The lowest BCUT2D eigenvalue weighted by Crippen LogP contribution is -2.46. The number of carbonyl (C=O) groups excluding carboxylic acids is 6. The predicted molar refractivity (Wildman–Crippen MR) is 172 cm³/mol. The number of carbonyl (C=O) groups is 6. The molecule has 2 aliphatic rings.